The van der Waals surface area contributed by atoms with Crippen molar-refractivity contribution in [3.05, 3.63) is 70.4 Å². The maximum Gasteiger partial charge on any atom is 0.124 e. The monoisotopic (exact) mass is 334 g/mol. The number of aryl methyl sites for hydroxylation is 1. The van der Waals surface area contributed by atoms with Crippen molar-refractivity contribution in [2.45, 2.75) is 11.8 Å². The van der Waals surface area contributed by atoms with Crippen molar-refractivity contribution in [3.63, 3.8) is 0 Å². The first kappa shape index (κ1) is 12.8. The van der Waals surface area contributed by atoms with Gasteiger partial charge in [-0.1, -0.05) is 51.8 Å². The summed E-state index contributed by atoms with van der Waals surface area (Å²) in [7, 11) is 0. The molecule has 96 valence electrons. The Labute approximate surface area is 124 Å². The largest absolute Gasteiger partial charge is 0.207 e. The standard InChI is InChI=1S/C16H12BrFS/c1-10-2-4-11(5-3-10)16(17)15-8-12-6-7-13(18)9-14(12)19-15/h2-9,16H,1H3. The smallest absolute Gasteiger partial charge is 0.124 e. The first-order valence-electron chi connectivity index (χ1n) is 6.03. The van der Waals surface area contributed by atoms with Gasteiger partial charge in [-0.2, -0.15) is 0 Å². The van der Waals surface area contributed by atoms with Crippen molar-refractivity contribution in [2.24, 2.45) is 0 Å². The van der Waals surface area contributed by atoms with Crippen LogP contribution in [0.1, 0.15) is 20.8 Å². The fourth-order valence-electron chi connectivity index (χ4n) is 2.05. The number of fused-ring (bicyclic) bond motifs is 1. The molecule has 0 amide bonds. The van der Waals surface area contributed by atoms with Gasteiger partial charge in [-0.15, -0.1) is 11.3 Å². The number of hydrogen-bond acceptors (Lipinski definition) is 1. The van der Waals surface area contributed by atoms with Crippen LogP contribution in [0.15, 0.2) is 48.5 Å². The summed E-state index contributed by atoms with van der Waals surface area (Å²) in [5, 5.41) is 1.10. The van der Waals surface area contributed by atoms with Gasteiger partial charge >= 0.3 is 0 Å². The van der Waals surface area contributed by atoms with Crippen LogP contribution in [0.5, 0.6) is 0 Å². The van der Waals surface area contributed by atoms with E-state index < -0.39 is 0 Å². The number of halogens is 2. The van der Waals surface area contributed by atoms with E-state index in [0.29, 0.717) is 0 Å². The quantitative estimate of drug-likeness (QED) is 0.517. The highest BCUT2D eigenvalue weighted by Crippen LogP contribution is 2.38. The summed E-state index contributed by atoms with van der Waals surface area (Å²) in [6.45, 7) is 2.08. The fraction of sp³-hybridized carbons (Fsp3) is 0.125. The zero-order valence-electron chi connectivity index (χ0n) is 10.4. The lowest BCUT2D eigenvalue weighted by molar-refractivity contribution is 0.630. The van der Waals surface area contributed by atoms with Gasteiger partial charge in [-0.3, -0.25) is 0 Å². The number of hydrogen-bond donors (Lipinski definition) is 0. The Morgan fingerprint density at radius 2 is 1.79 bits per heavy atom. The Hall–Kier alpha value is -1.19. The predicted octanol–water partition coefficient (Wildman–Crippen LogP) is 5.83. The van der Waals surface area contributed by atoms with Gasteiger partial charge in [-0.05, 0) is 36.1 Å². The van der Waals surface area contributed by atoms with Crippen LogP contribution in [-0.4, -0.2) is 0 Å². The number of rotatable bonds is 2. The Morgan fingerprint density at radius 1 is 1.05 bits per heavy atom. The molecule has 0 bridgehead atoms. The SMILES string of the molecule is Cc1ccc(C(Br)c2cc3ccc(F)cc3s2)cc1. The molecule has 3 heteroatoms. The van der Waals surface area contributed by atoms with Crippen molar-refractivity contribution >= 4 is 37.4 Å². The molecule has 0 fully saturated rings. The van der Waals surface area contributed by atoms with Crippen molar-refractivity contribution in [1.82, 2.24) is 0 Å². The van der Waals surface area contributed by atoms with Crippen LogP contribution in [0.2, 0.25) is 0 Å². The molecule has 1 atom stereocenters. The van der Waals surface area contributed by atoms with Gasteiger partial charge in [0.1, 0.15) is 5.82 Å². The minimum Gasteiger partial charge on any atom is -0.207 e. The maximum atomic E-state index is 13.2. The average molecular weight is 335 g/mol. The molecular weight excluding hydrogens is 323 g/mol. The molecule has 0 nitrogen and oxygen atoms in total. The summed E-state index contributed by atoms with van der Waals surface area (Å²) >= 11 is 5.36. The van der Waals surface area contributed by atoms with Crippen LogP contribution in [-0.2, 0) is 0 Å². The van der Waals surface area contributed by atoms with Gasteiger partial charge in [0.05, 0.1) is 4.83 Å². The average Bonchev–Trinajstić information content (AvgIpc) is 2.81. The van der Waals surface area contributed by atoms with E-state index in [2.05, 4.69) is 53.2 Å². The second-order valence-corrected chi connectivity index (χ2v) is 6.64. The summed E-state index contributed by atoms with van der Waals surface area (Å²) in [6, 6.07) is 15.5. The minimum absolute atomic E-state index is 0.161. The first-order chi connectivity index (χ1) is 9.13. The van der Waals surface area contributed by atoms with Crippen LogP contribution in [0.4, 0.5) is 4.39 Å². The molecular formula is C16H12BrFS. The lowest BCUT2D eigenvalue weighted by Gasteiger charge is -2.07. The molecule has 0 N–H and O–H groups in total. The van der Waals surface area contributed by atoms with Gasteiger partial charge in [0.2, 0.25) is 0 Å². The lowest BCUT2D eigenvalue weighted by atomic mass is 10.1. The van der Waals surface area contributed by atoms with Gasteiger partial charge < -0.3 is 0 Å². The van der Waals surface area contributed by atoms with E-state index in [0.717, 1.165) is 10.1 Å². The van der Waals surface area contributed by atoms with Crippen LogP contribution in [0, 0.1) is 12.7 Å². The third-order valence-electron chi connectivity index (χ3n) is 3.12. The van der Waals surface area contributed by atoms with Crippen LogP contribution in [0.25, 0.3) is 10.1 Å². The lowest BCUT2D eigenvalue weighted by Crippen LogP contribution is -1.88. The molecule has 0 aliphatic heterocycles. The molecule has 1 aromatic heterocycles. The van der Waals surface area contributed by atoms with Gasteiger partial charge in [0.15, 0.2) is 0 Å². The minimum atomic E-state index is -0.178. The van der Waals surface area contributed by atoms with Gasteiger partial charge in [0, 0.05) is 9.58 Å². The molecule has 2 aromatic carbocycles. The molecule has 1 heterocycles. The van der Waals surface area contributed by atoms with Crippen molar-refractivity contribution in [1.29, 1.82) is 0 Å². The zero-order valence-corrected chi connectivity index (χ0v) is 12.8. The summed E-state index contributed by atoms with van der Waals surface area (Å²) in [4.78, 5) is 1.36. The summed E-state index contributed by atoms with van der Waals surface area (Å²) in [5.74, 6) is -0.178. The molecule has 3 rings (SSSR count). The van der Waals surface area contributed by atoms with Crippen LogP contribution >= 0.6 is 27.3 Å². The number of benzene rings is 2. The first-order valence-corrected chi connectivity index (χ1v) is 7.76. The molecule has 0 saturated carbocycles. The Balaban J connectivity index is 2.01. The van der Waals surface area contributed by atoms with E-state index in [1.54, 1.807) is 17.4 Å². The Morgan fingerprint density at radius 3 is 2.53 bits per heavy atom. The third-order valence-corrected chi connectivity index (χ3v) is 5.61. The van der Waals surface area contributed by atoms with E-state index >= 15 is 0 Å². The summed E-state index contributed by atoms with van der Waals surface area (Å²) in [5.41, 5.74) is 2.47. The second kappa shape index (κ2) is 5.06. The second-order valence-electron chi connectivity index (χ2n) is 4.60. The third kappa shape index (κ3) is 2.58. The van der Waals surface area contributed by atoms with Gasteiger partial charge in [-0.25, -0.2) is 4.39 Å². The molecule has 0 aliphatic rings. The summed E-state index contributed by atoms with van der Waals surface area (Å²) < 4.78 is 14.2. The Bertz CT molecular complexity index is 715. The molecule has 0 radical (unpaired) electrons. The number of thiophene rings is 1. The van der Waals surface area contributed by atoms with Crippen LogP contribution < -0.4 is 0 Å². The highest BCUT2D eigenvalue weighted by atomic mass is 79.9. The zero-order chi connectivity index (χ0) is 13.4. The molecule has 19 heavy (non-hydrogen) atoms. The van der Waals surface area contributed by atoms with E-state index in [4.69, 9.17) is 0 Å². The van der Waals surface area contributed by atoms with E-state index in [1.165, 1.54) is 22.1 Å². The molecule has 1 unspecified atom stereocenters. The van der Waals surface area contributed by atoms with Crippen molar-refractivity contribution in [2.75, 3.05) is 0 Å². The number of alkyl halides is 1. The Kier molecular flexibility index (Phi) is 3.42. The molecule has 0 spiro atoms. The highest BCUT2D eigenvalue weighted by molar-refractivity contribution is 9.09. The van der Waals surface area contributed by atoms with Crippen molar-refractivity contribution < 1.29 is 4.39 Å². The predicted molar refractivity (Wildman–Crippen MR) is 83.7 cm³/mol. The molecule has 3 aromatic rings. The van der Waals surface area contributed by atoms with Crippen molar-refractivity contribution in [3.8, 4) is 0 Å². The van der Waals surface area contributed by atoms with Crippen LogP contribution in [0.3, 0.4) is 0 Å². The highest BCUT2D eigenvalue weighted by Gasteiger charge is 2.13. The van der Waals surface area contributed by atoms with E-state index in [-0.39, 0.29) is 10.6 Å². The summed E-state index contributed by atoms with van der Waals surface area (Å²) in [6.07, 6.45) is 0. The maximum absolute atomic E-state index is 13.2. The topological polar surface area (TPSA) is 0 Å². The normalized spacial score (nSPS) is 12.8. The fourth-order valence-corrected chi connectivity index (χ4v) is 3.86. The van der Waals surface area contributed by atoms with E-state index in [9.17, 15) is 4.39 Å². The van der Waals surface area contributed by atoms with Gasteiger partial charge in [0.25, 0.3) is 0 Å². The molecule has 0 aliphatic carbocycles. The van der Waals surface area contributed by atoms with E-state index in [1.807, 2.05) is 6.07 Å². The molecule has 0 saturated heterocycles.